The third-order valence-electron chi connectivity index (χ3n) is 3.77. The van der Waals surface area contributed by atoms with Crippen LogP contribution in [0.1, 0.15) is 5.56 Å². The van der Waals surface area contributed by atoms with Gasteiger partial charge in [0, 0.05) is 30.6 Å². The van der Waals surface area contributed by atoms with Gasteiger partial charge in [0.1, 0.15) is 19.5 Å². The molecule has 3 heterocycles. The SMILES string of the molecule is [B]c1cnn2c(NCc3ccnnc3)cc(-c3ccccc3F)nc12. The Bertz CT molecular complexity index is 1030. The minimum absolute atomic E-state index is 0.346. The van der Waals surface area contributed by atoms with E-state index in [1.165, 1.54) is 12.3 Å². The second-order valence-electron chi connectivity index (χ2n) is 5.45. The lowest BCUT2D eigenvalue weighted by Gasteiger charge is -2.11. The summed E-state index contributed by atoms with van der Waals surface area (Å²) in [5.41, 5.74) is 2.72. The quantitative estimate of drug-likeness (QED) is 0.577. The fourth-order valence-corrected chi connectivity index (χ4v) is 2.53. The molecule has 1 N–H and O–H groups in total. The predicted octanol–water partition coefficient (Wildman–Crippen LogP) is 1.73. The van der Waals surface area contributed by atoms with Crippen LogP contribution in [0.2, 0.25) is 0 Å². The molecular weight excluding hydrogens is 318 g/mol. The number of aromatic nitrogens is 5. The van der Waals surface area contributed by atoms with Gasteiger partial charge >= 0.3 is 0 Å². The van der Waals surface area contributed by atoms with Crippen LogP contribution < -0.4 is 10.8 Å². The predicted molar refractivity (Wildman–Crippen MR) is 93.1 cm³/mol. The van der Waals surface area contributed by atoms with Crippen molar-refractivity contribution < 1.29 is 4.39 Å². The van der Waals surface area contributed by atoms with Gasteiger partial charge < -0.3 is 5.32 Å². The van der Waals surface area contributed by atoms with Crippen LogP contribution in [0.3, 0.4) is 0 Å². The van der Waals surface area contributed by atoms with E-state index in [0.717, 1.165) is 5.56 Å². The number of fused-ring (bicyclic) bond motifs is 1. The highest BCUT2D eigenvalue weighted by atomic mass is 19.1. The van der Waals surface area contributed by atoms with Gasteiger partial charge in [-0.3, -0.25) is 0 Å². The number of nitrogens with one attached hydrogen (secondary N) is 1. The summed E-state index contributed by atoms with van der Waals surface area (Å²) in [4.78, 5) is 4.45. The van der Waals surface area contributed by atoms with Crippen molar-refractivity contribution in [1.82, 2.24) is 24.8 Å². The van der Waals surface area contributed by atoms with Crippen molar-refractivity contribution in [2.24, 2.45) is 0 Å². The highest BCUT2D eigenvalue weighted by Gasteiger charge is 2.12. The Morgan fingerprint density at radius 3 is 2.80 bits per heavy atom. The molecule has 2 radical (unpaired) electrons. The monoisotopic (exact) mass is 330 g/mol. The number of anilines is 1. The summed E-state index contributed by atoms with van der Waals surface area (Å²) in [7, 11) is 5.95. The average molecular weight is 330 g/mol. The summed E-state index contributed by atoms with van der Waals surface area (Å²) in [6.07, 6.45) is 4.81. The fourth-order valence-electron chi connectivity index (χ4n) is 2.53. The van der Waals surface area contributed by atoms with Gasteiger partial charge in [0.15, 0.2) is 5.65 Å². The maximum absolute atomic E-state index is 14.2. The van der Waals surface area contributed by atoms with Gasteiger partial charge in [-0.1, -0.05) is 12.1 Å². The van der Waals surface area contributed by atoms with Crippen LogP contribution in [0.5, 0.6) is 0 Å². The van der Waals surface area contributed by atoms with Crippen molar-refractivity contribution in [1.29, 1.82) is 0 Å². The summed E-state index contributed by atoms with van der Waals surface area (Å²) < 4.78 is 15.7. The molecule has 0 bridgehead atoms. The van der Waals surface area contributed by atoms with Gasteiger partial charge in [-0.15, -0.1) is 0 Å². The third kappa shape index (κ3) is 2.94. The average Bonchev–Trinajstić information content (AvgIpc) is 3.02. The van der Waals surface area contributed by atoms with Crippen molar-refractivity contribution in [3.63, 3.8) is 0 Å². The van der Waals surface area contributed by atoms with Crippen LogP contribution >= 0.6 is 0 Å². The number of benzene rings is 1. The zero-order chi connectivity index (χ0) is 17.2. The van der Waals surface area contributed by atoms with Crippen LogP contribution in [0.25, 0.3) is 16.9 Å². The lowest BCUT2D eigenvalue weighted by Crippen LogP contribution is -2.10. The number of halogens is 1. The fraction of sp³-hybridized carbons (Fsp3) is 0.0588. The molecule has 0 fully saturated rings. The number of nitrogens with zero attached hydrogens (tertiary/aromatic N) is 5. The number of hydrogen-bond acceptors (Lipinski definition) is 5. The Balaban J connectivity index is 1.78. The summed E-state index contributed by atoms with van der Waals surface area (Å²) >= 11 is 0. The van der Waals surface area contributed by atoms with Gasteiger partial charge in [0.05, 0.1) is 11.9 Å². The smallest absolute Gasteiger partial charge is 0.150 e. The van der Waals surface area contributed by atoms with E-state index in [0.29, 0.717) is 34.7 Å². The lowest BCUT2D eigenvalue weighted by atomic mass is 10.0. The Kier molecular flexibility index (Phi) is 3.85. The highest BCUT2D eigenvalue weighted by molar-refractivity contribution is 6.36. The molecule has 120 valence electrons. The molecule has 1 aromatic carbocycles. The maximum atomic E-state index is 14.2. The summed E-state index contributed by atoms with van der Waals surface area (Å²) in [6, 6.07) is 10.1. The van der Waals surface area contributed by atoms with Crippen LogP contribution in [-0.4, -0.2) is 32.6 Å². The van der Waals surface area contributed by atoms with E-state index in [9.17, 15) is 4.39 Å². The van der Waals surface area contributed by atoms with E-state index in [1.54, 1.807) is 41.2 Å². The molecule has 0 atom stereocenters. The van der Waals surface area contributed by atoms with Crippen molar-refractivity contribution in [3.8, 4) is 11.3 Å². The second kappa shape index (κ2) is 6.31. The van der Waals surface area contributed by atoms with E-state index < -0.39 is 0 Å². The van der Waals surface area contributed by atoms with Crippen LogP contribution in [0, 0.1) is 5.82 Å². The molecule has 0 unspecified atom stereocenters. The van der Waals surface area contributed by atoms with Gasteiger partial charge in [0.25, 0.3) is 0 Å². The molecule has 4 aromatic rings. The number of hydrogen-bond donors (Lipinski definition) is 1. The molecule has 0 aliphatic heterocycles. The topological polar surface area (TPSA) is 68.0 Å². The first-order valence-corrected chi connectivity index (χ1v) is 7.61. The summed E-state index contributed by atoms with van der Waals surface area (Å²) in [5, 5.41) is 15.1. The molecule has 8 heteroatoms. The van der Waals surface area contributed by atoms with Crippen molar-refractivity contribution in [2.45, 2.75) is 6.54 Å². The molecule has 0 saturated heterocycles. The molecule has 3 aromatic heterocycles. The zero-order valence-electron chi connectivity index (χ0n) is 13.1. The van der Waals surface area contributed by atoms with E-state index in [2.05, 4.69) is 25.6 Å². The highest BCUT2D eigenvalue weighted by Crippen LogP contribution is 2.24. The normalized spacial score (nSPS) is 10.9. The molecule has 0 saturated carbocycles. The Morgan fingerprint density at radius 2 is 2.00 bits per heavy atom. The minimum atomic E-state index is -0.346. The molecular formula is C17H12BFN6. The van der Waals surface area contributed by atoms with E-state index >= 15 is 0 Å². The van der Waals surface area contributed by atoms with Crippen molar-refractivity contribution >= 4 is 24.8 Å². The summed E-state index contributed by atoms with van der Waals surface area (Å²) in [5.74, 6) is 0.304. The summed E-state index contributed by atoms with van der Waals surface area (Å²) in [6.45, 7) is 0.505. The van der Waals surface area contributed by atoms with E-state index in [-0.39, 0.29) is 5.82 Å². The first-order valence-electron chi connectivity index (χ1n) is 7.61. The van der Waals surface area contributed by atoms with Crippen molar-refractivity contribution in [3.05, 3.63) is 66.4 Å². The molecule has 0 aliphatic carbocycles. The van der Waals surface area contributed by atoms with Gasteiger partial charge in [-0.25, -0.2) is 9.37 Å². The third-order valence-corrected chi connectivity index (χ3v) is 3.77. The molecule has 6 nitrogen and oxygen atoms in total. The lowest BCUT2D eigenvalue weighted by molar-refractivity contribution is 0.630. The van der Waals surface area contributed by atoms with Crippen LogP contribution in [-0.2, 0) is 6.54 Å². The van der Waals surface area contributed by atoms with E-state index in [4.69, 9.17) is 7.85 Å². The Labute approximate surface area is 144 Å². The van der Waals surface area contributed by atoms with Crippen molar-refractivity contribution in [2.75, 3.05) is 5.32 Å². The standard InChI is InChI=1S/C17H12BFN6/c18-13-10-23-25-16(20-8-11-5-6-21-22-9-11)7-15(24-17(13)25)12-3-1-2-4-14(12)19/h1-7,9-10,20H,8H2. The second-order valence-corrected chi connectivity index (χ2v) is 5.45. The van der Waals surface area contributed by atoms with Gasteiger partial charge in [-0.2, -0.15) is 19.8 Å². The van der Waals surface area contributed by atoms with Crippen LogP contribution in [0.4, 0.5) is 10.2 Å². The first kappa shape index (κ1) is 15.3. The molecule has 25 heavy (non-hydrogen) atoms. The largest absolute Gasteiger partial charge is 0.366 e. The van der Waals surface area contributed by atoms with Gasteiger partial charge in [-0.05, 0) is 29.2 Å². The van der Waals surface area contributed by atoms with Crippen LogP contribution in [0.15, 0.2) is 55.0 Å². The Morgan fingerprint density at radius 1 is 1.12 bits per heavy atom. The van der Waals surface area contributed by atoms with E-state index in [1.807, 2.05) is 6.07 Å². The zero-order valence-corrected chi connectivity index (χ0v) is 13.1. The minimum Gasteiger partial charge on any atom is -0.366 e. The first-order chi connectivity index (χ1) is 12.2. The number of rotatable bonds is 4. The molecule has 0 aliphatic rings. The molecule has 0 spiro atoms. The van der Waals surface area contributed by atoms with Gasteiger partial charge in [0.2, 0.25) is 0 Å². The molecule has 4 rings (SSSR count). The molecule has 0 amide bonds. The Hall–Kier alpha value is -3.29. The maximum Gasteiger partial charge on any atom is 0.150 e.